The largest absolute Gasteiger partial charge is 0.391 e. The number of aliphatic hydroxyl groups is 1. The van der Waals surface area contributed by atoms with Gasteiger partial charge in [-0.3, -0.25) is 0 Å². The molecule has 1 aliphatic heterocycles. The van der Waals surface area contributed by atoms with Crippen LogP contribution in [-0.4, -0.2) is 48.2 Å². The van der Waals surface area contributed by atoms with Gasteiger partial charge in [0, 0.05) is 25.8 Å². The molecule has 90 valence electrons. The second-order valence-electron chi connectivity index (χ2n) is 4.44. The van der Waals surface area contributed by atoms with Crippen molar-refractivity contribution in [2.45, 2.75) is 25.5 Å². The summed E-state index contributed by atoms with van der Waals surface area (Å²) in [7, 11) is 4.27. The molecule has 1 fully saturated rings. The van der Waals surface area contributed by atoms with Crippen LogP contribution in [0.1, 0.15) is 17.7 Å². The number of anilines is 1. The van der Waals surface area contributed by atoms with Gasteiger partial charge >= 0.3 is 0 Å². The number of hydrogen-bond donors (Lipinski definition) is 1. The molecule has 1 aromatic heterocycles. The summed E-state index contributed by atoms with van der Waals surface area (Å²) in [5.41, 5.74) is 0. The predicted octanol–water partition coefficient (Wildman–Crippen LogP) is 1.17. The minimum Gasteiger partial charge on any atom is -0.391 e. The predicted molar refractivity (Wildman–Crippen MR) is 67.0 cm³/mol. The van der Waals surface area contributed by atoms with E-state index in [-0.39, 0.29) is 6.61 Å². The highest BCUT2D eigenvalue weighted by atomic mass is 32.1. The molecule has 0 radical (unpaired) electrons. The lowest BCUT2D eigenvalue weighted by atomic mass is 10.1. The Morgan fingerprint density at radius 3 is 3.12 bits per heavy atom. The van der Waals surface area contributed by atoms with Crippen molar-refractivity contribution in [3.63, 3.8) is 0 Å². The Hall–Kier alpha value is -0.650. The molecule has 4 nitrogen and oxygen atoms in total. The second-order valence-corrected chi connectivity index (χ2v) is 5.53. The maximum Gasteiger partial charge on any atom is 0.185 e. The number of likely N-dealkylation sites (tertiary alicyclic amines) is 1. The number of piperidine rings is 1. The van der Waals surface area contributed by atoms with Gasteiger partial charge in [-0.05, 0) is 26.4 Å². The molecule has 1 atom stereocenters. The molecular weight excluding hydrogens is 222 g/mol. The zero-order valence-electron chi connectivity index (χ0n) is 9.89. The first-order chi connectivity index (χ1) is 7.70. The van der Waals surface area contributed by atoms with E-state index < -0.39 is 0 Å². The Kier molecular flexibility index (Phi) is 3.78. The van der Waals surface area contributed by atoms with E-state index >= 15 is 0 Å². The fraction of sp³-hybridized carbons (Fsp3) is 0.727. The van der Waals surface area contributed by atoms with Crippen LogP contribution < -0.4 is 4.90 Å². The van der Waals surface area contributed by atoms with E-state index in [1.54, 1.807) is 17.5 Å². The van der Waals surface area contributed by atoms with Crippen LogP contribution in [0, 0.1) is 0 Å². The van der Waals surface area contributed by atoms with Crippen LogP contribution in [0.3, 0.4) is 0 Å². The van der Waals surface area contributed by atoms with Gasteiger partial charge in [-0.2, -0.15) is 0 Å². The summed E-state index contributed by atoms with van der Waals surface area (Å²) in [4.78, 5) is 9.91. The third-order valence-corrected chi connectivity index (χ3v) is 4.22. The van der Waals surface area contributed by atoms with Crippen LogP contribution in [0.25, 0.3) is 0 Å². The average molecular weight is 241 g/mol. The lowest BCUT2D eigenvalue weighted by Crippen LogP contribution is -2.45. The van der Waals surface area contributed by atoms with Crippen molar-refractivity contribution in [2.24, 2.45) is 0 Å². The van der Waals surface area contributed by atoms with E-state index in [1.807, 2.05) is 0 Å². The van der Waals surface area contributed by atoms with Gasteiger partial charge in [0.2, 0.25) is 0 Å². The van der Waals surface area contributed by atoms with Crippen molar-refractivity contribution in [1.29, 1.82) is 0 Å². The van der Waals surface area contributed by atoms with Gasteiger partial charge in [0.15, 0.2) is 5.13 Å². The van der Waals surface area contributed by atoms with E-state index in [0.29, 0.717) is 6.04 Å². The molecule has 0 aliphatic carbocycles. The Morgan fingerprint density at radius 1 is 1.69 bits per heavy atom. The summed E-state index contributed by atoms with van der Waals surface area (Å²) in [6.45, 7) is 2.39. The summed E-state index contributed by atoms with van der Waals surface area (Å²) in [6, 6.07) is 0.552. The second kappa shape index (κ2) is 5.12. The van der Waals surface area contributed by atoms with Crippen LogP contribution >= 0.6 is 11.3 Å². The van der Waals surface area contributed by atoms with Gasteiger partial charge < -0.3 is 14.9 Å². The number of likely N-dealkylation sites (N-methyl/N-ethyl adjacent to an activating group) is 2. The third kappa shape index (κ3) is 2.53. The smallest absolute Gasteiger partial charge is 0.185 e. The number of thiazole rings is 1. The van der Waals surface area contributed by atoms with Gasteiger partial charge in [-0.1, -0.05) is 11.3 Å². The zero-order chi connectivity index (χ0) is 11.5. The van der Waals surface area contributed by atoms with Gasteiger partial charge in [-0.25, -0.2) is 4.98 Å². The Bertz CT molecular complexity index is 342. The summed E-state index contributed by atoms with van der Waals surface area (Å²) < 4.78 is 0. The summed E-state index contributed by atoms with van der Waals surface area (Å²) in [5, 5.41) is 10.0. The van der Waals surface area contributed by atoms with E-state index in [1.165, 1.54) is 19.4 Å². The van der Waals surface area contributed by atoms with Crippen molar-refractivity contribution in [3.8, 4) is 0 Å². The first kappa shape index (κ1) is 11.8. The molecule has 1 unspecified atom stereocenters. The third-order valence-electron chi connectivity index (χ3n) is 3.15. The quantitative estimate of drug-likeness (QED) is 0.862. The highest BCUT2D eigenvalue weighted by molar-refractivity contribution is 7.15. The molecule has 2 heterocycles. The first-order valence-electron chi connectivity index (χ1n) is 5.67. The number of rotatable bonds is 3. The zero-order valence-corrected chi connectivity index (χ0v) is 10.7. The Balaban J connectivity index is 2.02. The number of aromatic nitrogens is 1. The molecule has 2 rings (SSSR count). The van der Waals surface area contributed by atoms with Gasteiger partial charge in [0.05, 0.1) is 11.5 Å². The Labute approximate surface area is 101 Å². The highest BCUT2D eigenvalue weighted by Gasteiger charge is 2.22. The fourth-order valence-electron chi connectivity index (χ4n) is 2.14. The van der Waals surface area contributed by atoms with E-state index in [4.69, 9.17) is 5.11 Å². The van der Waals surface area contributed by atoms with Crippen LogP contribution in [0.15, 0.2) is 6.20 Å². The molecule has 0 spiro atoms. The van der Waals surface area contributed by atoms with Crippen LogP contribution in [0.5, 0.6) is 0 Å². The lowest BCUT2D eigenvalue weighted by Gasteiger charge is -2.35. The summed E-state index contributed by atoms with van der Waals surface area (Å²) in [6.07, 6.45) is 4.25. The van der Waals surface area contributed by atoms with Crippen molar-refractivity contribution in [1.82, 2.24) is 9.88 Å². The van der Waals surface area contributed by atoms with Gasteiger partial charge in [0.1, 0.15) is 0 Å². The standard InChI is InChI=1S/C11H19N3OS/c1-13-5-3-4-9(7-13)14(2)11-12-6-10(8-15)16-11/h6,9,15H,3-5,7-8H2,1-2H3. The molecular formula is C11H19N3OS. The molecule has 1 aromatic rings. The number of aliphatic hydroxyl groups excluding tert-OH is 1. The maximum atomic E-state index is 9.03. The molecule has 0 aromatic carbocycles. The average Bonchev–Trinajstić information content (AvgIpc) is 2.76. The number of hydrogen-bond acceptors (Lipinski definition) is 5. The first-order valence-corrected chi connectivity index (χ1v) is 6.49. The van der Waals surface area contributed by atoms with E-state index in [9.17, 15) is 0 Å². The van der Waals surface area contributed by atoms with Gasteiger partial charge in [0.25, 0.3) is 0 Å². The maximum absolute atomic E-state index is 9.03. The molecule has 1 aliphatic rings. The monoisotopic (exact) mass is 241 g/mol. The van der Waals surface area contributed by atoms with E-state index in [0.717, 1.165) is 16.6 Å². The van der Waals surface area contributed by atoms with E-state index in [2.05, 4.69) is 28.9 Å². The normalized spacial score (nSPS) is 22.3. The minimum absolute atomic E-state index is 0.0933. The molecule has 1 saturated heterocycles. The molecule has 0 bridgehead atoms. The highest BCUT2D eigenvalue weighted by Crippen LogP contribution is 2.25. The van der Waals surface area contributed by atoms with Crippen molar-refractivity contribution in [3.05, 3.63) is 11.1 Å². The summed E-state index contributed by atoms with van der Waals surface area (Å²) in [5.74, 6) is 0. The molecule has 16 heavy (non-hydrogen) atoms. The molecule has 5 heteroatoms. The van der Waals surface area contributed by atoms with Crippen molar-refractivity contribution in [2.75, 3.05) is 32.1 Å². The van der Waals surface area contributed by atoms with Crippen LogP contribution in [0.4, 0.5) is 5.13 Å². The number of nitrogens with zero attached hydrogens (tertiary/aromatic N) is 3. The van der Waals surface area contributed by atoms with Crippen molar-refractivity contribution >= 4 is 16.5 Å². The fourth-order valence-corrected chi connectivity index (χ4v) is 2.95. The topological polar surface area (TPSA) is 39.6 Å². The van der Waals surface area contributed by atoms with Crippen molar-refractivity contribution < 1.29 is 5.11 Å². The molecule has 0 amide bonds. The molecule has 0 saturated carbocycles. The molecule has 1 N–H and O–H groups in total. The lowest BCUT2D eigenvalue weighted by molar-refractivity contribution is 0.248. The minimum atomic E-state index is 0.0933. The Morgan fingerprint density at radius 2 is 2.50 bits per heavy atom. The van der Waals surface area contributed by atoms with Gasteiger partial charge in [-0.15, -0.1) is 0 Å². The van der Waals surface area contributed by atoms with Crippen LogP contribution in [-0.2, 0) is 6.61 Å². The summed E-state index contributed by atoms with van der Waals surface area (Å²) >= 11 is 1.58. The SMILES string of the molecule is CN1CCCC(N(C)c2ncc(CO)s2)C1. The van der Waals surface area contributed by atoms with Crippen LogP contribution in [0.2, 0.25) is 0 Å².